The third-order valence-electron chi connectivity index (χ3n) is 2.91. The molecule has 0 saturated carbocycles. The first-order valence-corrected chi connectivity index (χ1v) is 6.96. The van der Waals surface area contributed by atoms with E-state index < -0.39 is 4.84 Å². The lowest BCUT2D eigenvalue weighted by Gasteiger charge is -2.30. The van der Waals surface area contributed by atoms with E-state index in [4.69, 9.17) is 34.8 Å². The van der Waals surface area contributed by atoms with Crippen molar-refractivity contribution in [2.75, 3.05) is 0 Å². The first kappa shape index (κ1) is 15.6. The zero-order valence-corrected chi connectivity index (χ0v) is 12.6. The highest BCUT2D eigenvalue weighted by Crippen LogP contribution is 2.19. The lowest BCUT2D eigenvalue weighted by Crippen LogP contribution is -2.49. The van der Waals surface area contributed by atoms with Crippen molar-refractivity contribution in [3.8, 4) is 0 Å². The lowest BCUT2D eigenvalue weighted by molar-refractivity contribution is -0.121. The smallest absolute Gasteiger partial charge is 0.253 e. The molecule has 1 atom stereocenters. The van der Waals surface area contributed by atoms with Gasteiger partial charge in [0.1, 0.15) is 0 Å². The van der Waals surface area contributed by atoms with Crippen molar-refractivity contribution in [1.29, 1.82) is 0 Å². The lowest BCUT2D eigenvalue weighted by atomic mass is 9.90. The van der Waals surface area contributed by atoms with Crippen LogP contribution in [0, 0.1) is 0 Å². The van der Waals surface area contributed by atoms with Crippen LogP contribution in [0.1, 0.15) is 25.8 Å². The zero-order valence-electron chi connectivity index (χ0n) is 10.3. The highest BCUT2D eigenvalue weighted by molar-refractivity contribution is 6.53. The summed E-state index contributed by atoms with van der Waals surface area (Å²) in [4.78, 5) is 10.5. The van der Waals surface area contributed by atoms with Crippen LogP contribution in [0.15, 0.2) is 24.3 Å². The summed E-state index contributed by atoms with van der Waals surface area (Å²) >= 11 is 16.9. The zero-order chi connectivity index (χ0) is 13.8. The van der Waals surface area contributed by atoms with Crippen molar-refractivity contribution >= 4 is 40.7 Å². The Morgan fingerprint density at radius 2 is 1.89 bits per heavy atom. The third-order valence-corrected chi connectivity index (χ3v) is 3.56. The summed E-state index contributed by atoms with van der Waals surface area (Å²) in [5.74, 6) is -0.364. The van der Waals surface area contributed by atoms with Crippen molar-refractivity contribution in [2.45, 2.75) is 37.1 Å². The van der Waals surface area contributed by atoms with E-state index in [0.717, 1.165) is 12.0 Å². The number of benzene rings is 1. The largest absolute Gasteiger partial charge is 0.348 e. The summed E-state index contributed by atoms with van der Waals surface area (Å²) in [7, 11) is 0. The van der Waals surface area contributed by atoms with Crippen LogP contribution in [-0.4, -0.2) is 16.3 Å². The molecule has 100 valence electrons. The van der Waals surface area contributed by atoms with E-state index in [0.29, 0.717) is 11.4 Å². The average Bonchev–Trinajstić information content (AvgIpc) is 2.32. The van der Waals surface area contributed by atoms with E-state index in [9.17, 15) is 4.79 Å². The number of amides is 1. The van der Waals surface area contributed by atoms with E-state index >= 15 is 0 Å². The molecule has 2 nitrogen and oxygen atoms in total. The molecule has 0 saturated heterocycles. The second-order valence-electron chi connectivity index (χ2n) is 4.51. The van der Waals surface area contributed by atoms with Crippen LogP contribution in [0.3, 0.4) is 0 Å². The molecule has 1 N–H and O–H groups in total. The van der Waals surface area contributed by atoms with Gasteiger partial charge in [0, 0.05) is 10.6 Å². The molecule has 0 aromatic heterocycles. The van der Waals surface area contributed by atoms with Gasteiger partial charge in [0.25, 0.3) is 5.91 Å². The Balaban J connectivity index is 2.76. The van der Waals surface area contributed by atoms with Gasteiger partial charge in [0.2, 0.25) is 0 Å². The van der Waals surface area contributed by atoms with Gasteiger partial charge in [-0.15, -0.1) is 0 Å². The van der Waals surface area contributed by atoms with Gasteiger partial charge in [-0.25, -0.2) is 0 Å². The molecule has 0 aliphatic carbocycles. The van der Waals surface area contributed by atoms with Crippen LogP contribution in [0.2, 0.25) is 5.02 Å². The maximum atomic E-state index is 11.6. The topological polar surface area (TPSA) is 29.1 Å². The Bertz CT molecular complexity index is 405. The summed E-state index contributed by atoms with van der Waals surface area (Å²) in [6, 6.07) is 7.56. The second kappa shape index (κ2) is 6.65. The Kier molecular flexibility index (Phi) is 5.77. The van der Waals surface area contributed by atoms with Gasteiger partial charge in [-0.2, -0.15) is 0 Å². The Morgan fingerprint density at radius 1 is 1.33 bits per heavy atom. The van der Waals surface area contributed by atoms with Gasteiger partial charge >= 0.3 is 0 Å². The normalized spacial score (nSPS) is 14.3. The molecule has 0 spiro atoms. The summed E-state index contributed by atoms with van der Waals surface area (Å²) in [6.07, 6.45) is 1.48. The molecule has 1 aromatic rings. The van der Waals surface area contributed by atoms with Crippen molar-refractivity contribution in [2.24, 2.45) is 0 Å². The summed E-state index contributed by atoms with van der Waals surface area (Å²) in [5.41, 5.74) is 0.734. The van der Waals surface area contributed by atoms with Crippen LogP contribution in [0.4, 0.5) is 0 Å². The minimum atomic E-state index is -1.04. The second-order valence-corrected chi connectivity index (χ2v) is 6.04. The SMILES string of the molecule is CCC(C)(Cc1ccc(Cl)cc1)NC(=O)C(Cl)Cl. The third kappa shape index (κ3) is 4.68. The van der Waals surface area contributed by atoms with Gasteiger partial charge in [0.05, 0.1) is 0 Å². The van der Waals surface area contributed by atoms with Gasteiger partial charge in [-0.1, -0.05) is 53.9 Å². The van der Waals surface area contributed by atoms with E-state index in [2.05, 4.69) is 5.32 Å². The van der Waals surface area contributed by atoms with E-state index in [1.807, 2.05) is 38.1 Å². The van der Waals surface area contributed by atoms with Crippen molar-refractivity contribution in [3.05, 3.63) is 34.9 Å². The number of carbonyl (C=O) groups excluding carboxylic acids is 1. The maximum absolute atomic E-state index is 11.6. The van der Waals surface area contributed by atoms with Crippen molar-refractivity contribution < 1.29 is 4.79 Å². The Hall–Kier alpha value is -0.440. The number of hydrogen-bond donors (Lipinski definition) is 1. The fourth-order valence-electron chi connectivity index (χ4n) is 1.66. The number of hydrogen-bond acceptors (Lipinski definition) is 1. The van der Waals surface area contributed by atoms with Crippen molar-refractivity contribution in [1.82, 2.24) is 5.32 Å². The molecule has 18 heavy (non-hydrogen) atoms. The summed E-state index contributed by atoms with van der Waals surface area (Å²) < 4.78 is 0. The van der Waals surface area contributed by atoms with E-state index in [1.165, 1.54) is 0 Å². The molecule has 0 heterocycles. The summed E-state index contributed by atoms with van der Waals surface area (Å²) in [6.45, 7) is 3.98. The number of rotatable bonds is 5. The molecule has 0 radical (unpaired) electrons. The van der Waals surface area contributed by atoms with Gasteiger partial charge in [0.15, 0.2) is 4.84 Å². The molecule has 1 amide bonds. The quantitative estimate of drug-likeness (QED) is 0.819. The van der Waals surface area contributed by atoms with Crippen LogP contribution in [0.5, 0.6) is 0 Å². The molecule has 0 aliphatic rings. The van der Waals surface area contributed by atoms with E-state index in [-0.39, 0.29) is 11.4 Å². The fourth-order valence-corrected chi connectivity index (χ4v) is 1.90. The fraction of sp³-hybridized carbons (Fsp3) is 0.462. The van der Waals surface area contributed by atoms with E-state index in [1.54, 1.807) is 0 Å². The first-order valence-electron chi connectivity index (χ1n) is 5.71. The molecule has 0 aliphatic heterocycles. The highest BCUT2D eigenvalue weighted by Gasteiger charge is 2.26. The average molecular weight is 309 g/mol. The van der Waals surface area contributed by atoms with Crippen molar-refractivity contribution in [3.63, 3.8) is 0 Å². The van der Waals surface area contributed by atoms with Gasteiger partial charge in [-0.3, -0.25) is 4.79 Å². The number of carbonyl (C=O) groups is 1. The number of nitrogens with one attached hydrogen (secondary N) is 1. The predicted molar refractivity (Wildman–Crippen MR) is 77.5 cm³/mol. The van der Waals surface area contributed by atoms with Gasteiger partial charge < -0.3 is 5.32 Å². The standard InChI is InChI=1S/C13H16Cl3NO/c1-3-13(2,17-12(18)11(15)16)8-9-4-6-10(14)7-5-9/h4-7,11H,3,8H2,1-2H3,(H,17,18). The van der Waals surface area contributed by atoms with Gasteiger partial charge in [-0.05, 0) is 37.5 Å². The highest BCUT2D eigenvalue weighted by atomic mass is 35.5. The maximum Gasteiger partial charge on any atom is 0.253 e. The first-order chi connectivity index (χ1) is 8.36. The Labute approximate surface area is 123 Å². The molecule has 1 aromatic carbocycles. The minimum Gasteiger partial charge on any atom is -0.348 e. The molecule has 0 fully saturated rings. The molecule has 1 unspecified atom stereocenters. The molecule has 0 bridgehead atoms. The van der Waals surface area contributed by atoms with Crippen LogP contribution < -0.4 is 5.32 Å². The Morgan fingerprint density at radius 3 is 2.33 bits per heavy atom. The van der Waals surface area contributed by atoms with Crippen LogP contribution >= 0.6 is 34.8 Å². The number of halogens is 3. The molecular formula is C13H16Cl3NO. The number of alkyl halides is 2. The molecule has 1 rings (SSSR count). The minimum absolute atomic E-state index is 0.364. The molecular weight excluding hydrogens is 293 g/mol. The summed E-state index contributed by atoms with van der Waals surface area (Å²) in [5, 5.41) is 3.57. The predicted octanol–water partition coefficient (Wildman–Crippen LogP) is 3.97. The molecule has 5 heteroatoms. The van der Waals surface area contributed by atoms with Crippen LogP contribution in [-0.2, 0) is 11.2 Å². The monoisotopic (exact) mass is 307 g/mol. The van der Waals surface area contributed by atoms with Crippen LogP contribution in [0.25, 0.3) is 0 Å².